The highest BCUT2D eigenvalue weighted by atomic mass is 32.1. The van der Waals surface area contributed by atoms with E-state index in [1.165, 1.54) is 4.88 Å². The number of likely N-dealkylation sites (N-methyl/N-ethyl adjacent to an activating group) is 1. The van der Waals surface area contributed by atoms with Gasteiger partial charge in [0.1, 0.15) is 0 Å². The van der Waals surface area contributed by atoms with Gasteiger partial charge in [0.05, 0.1) is 6.04 Å². The van der Waals surface area contributed by atoms with E-state index in [0.29, 0.717) is 13.2 Å². The predicted octanol–water partition coefficient (Wildman–Crippen LogP) is 2.67. The van der Waals surface area contributed by atoms with Crippen molar-refractivity contribution in [1.29, 1.82) is 0 Å². The smallest absolute Gasteiger partial charge is 0.173 e. The highest BCUT2D eigenvalue weighted by Crippen LogP contribution is 2.15. The van der Waals surface area contributed by atoms with Crippen molar-refractivity contribution in [1.82, 2.24) is 5.32 Å². The van der Waals surface area contributed by atoms with Crippen molar-refractivity contribution in [3.63, 3.8) is 0 Å². The Morgan fingerprint density at radius 1 is 1.24 bits per heavy atom. The lowest BCUT2D eigenvalue weighted by molar-refractivity contribution is -0.153. The molecule has 0 aliphatic carbocycles. The molecule has 1 rings (SSSR count). The lowest BCUT2D eigenvalue weighted by Crippen LogP contribution is -2.44. The lowest BCUT2D eigenvalue weighted by Gasteiger charge is -2.27. The summed E-state index contributed by atoms with van der Waals surface area (Å²) in [5.41, 5.74) is 0. The molecule has 0 aromatic carbocycles. The molecule has 0 saturated carbocycles. The van der Waals surface area contributed by atoms with Crippen LogP contribution in [0.15, 0.2) is 17.5 Å². The standard InChI is InChI=1S/C13H23NO2S/c1-4-14-12(10-11-8-7-9-17-11)13(15-5-2)16-6-3/h7-9,12-14H,4-6,10H2,1-3H3. The van der Waals surface area contributed by atoms with Gasteiger partial charge in [0.2, 0.25) is 0 Å². The normalized spacial score (nSPS) is 13.2. The molecule has 4 heteroatoms. The summed E-state index contributed by atoms with van der Waals surface area (Å²) in [6, 6.07) is 4.46. The van der Waals surface area contributed by atoms with Crippen LogP contribution >= 0.6 is 11.3 Å². The zero-order valence-electron chi connectivity index (χ0n) is 10.9. The number of rotatable bonds is 9. The third kappa shape index (κ3) is 5.17. The molecule has 1 aromatic heterocycles. The van der Waals surface area contributed by atoms with Crippen LogP contribution in [-0.4, -0.2) is 32.1 Å². The quantitative estimate of drug-likeness (QED) is 0.690. The summed E-state index contributed by atoms with van der Waals surface area (Å²) in [5.74, 6) is 0. The Morgan fingerprint density at radius 3 is 2.41 bits per heavy atom. The van der Waals surface area contributed by atoms with Crippen LogP contribution in [0.4, 0.5) is 0 Å². The average Bonchev–Trinajstić information content (AvgIpc) is 2.81. The van der Waals surface area contributed by atoms with Crippen LogP contribution < -0.4 is 5.32 Å². The molecule has 1 heterocycles. The first kappa shape index (κ1) is 14.6. The van der Waals surface area contributed by atoms with Gasteiger partial charge in [-0.2, -0.15) is 0 Å². The highest BCUT2D eigenvalue weighted by Gasteiger charge is 2.22. The fourth-order valence-corrected chi connectivity index (χ4v) is 2.55. The van der Waals surface area contributed by atoms with Crippen molar-refractivity contribution in [2.45, 2.75) is 39.5 Å². The Hall–Kier alpha value is -0.420. The number of ether oxygens (including phenoxy) is 2. The maximum Gasteiger partial charge on any atom is 0.173 e. The van der Waals surface area contributed by atoms with Crippen molar-refractivity contribution >= 4 is 11.3 Å². The maximum absolute atomic E-state index is 5.67. The topological polar surface area (TPSA) is 30.5 Å². The van der Waals surface area contributed by atoms with Gasteiger partial charge in [0, 0.05) is 24.5 Å². The molecule has 0 aliphatic rings. The summed E-state index contributed by atoms with van der Waals surface area (Å²) in [6.45, 7) is 8.39. The van der Waals surface area contributed by atoms with E-state index in [2.05, 4.69) is 29.8 Å². The lowest BCUT2D eigenvalue weighted by atomic mass is 10.1. The van der Waals surface area contributed by atoms with E-state index < -0.39 is 0 Å². The van der Waals surface area contributed by atoms with Crippen molar-refractivity contribution < 1.29 is 9.47 Å². The van der Waals surface area contributed by atoms with Crippen LogP contribution in [0.3, 0.4) is 0 Å². The van der Waals surface area contributed by atoms with Crippen LogP contribution in [0.5, 0.6) is 0 Å². The molecular formula is C13H23NO2S. The number of thiophene rings is 1. The van der Waals surface area contributed by atoms with Crippen LogP contribution in [0.1, 0.15) is 25.6 Å². The van der Waals surface area contributed by atoms with E-state index in [4.69, 9.17) is 9.47 Å². The minimum Gasteiger partial charge on any atom is -0.351 e. The molecule has 0 radical (unpaired) electrons. The zero-order chi connectivity index (χ0) is 12.5. The Morgan fingerprint density at radius 2 is 1.94 bits per heavy atom. The molecule has 0 amide bonds. The van der Waals surface area contributed by atoms with Gasteiger partial charge in [-0.05, 0) is 31.8 Å². The summed E-state index contributed by atoms with van der Waals surface area (Å²) in [5, 5.41) is 5.55. The summed E-state index contributed by atoms with van der Waals surface area (Å²) in [6.07, 6.45) is 0.794. The maximum atomic E-state index is 5.67. The molecule has 17 heavy (non-hydrogen) atoms. The molecule has 1 atom stereocenters. The first-order valence-electron chi connectivity index (χ1n) is 6.30. The van der Waals surface area contributed by atoms with Crippen molar-refractivity contribution in [3.8, 4) is 0 Å². The van der Waals surface area contributed by atoms with E-state index in [1.807, 2.05) is 13.8 Å². The molecule has 0 saturated heterocycles. The number of hydrogen-bond donors (Lipinski definition) is 1. The van der Waals surface area contributed by atoms with Crippen molar-refractivity contribution in [2.75, 3.05) is 19.8 Å². The molecule has 1 N–H and O–H groups in total. The second kappa shape index (κ2) is 8.64. The van der Waals surface area contributed by atoms with Gasteiger partial charge in [-0.3, -0.25) is 0 Å². The van der Waals surface area contributed by atoms with Gasteiger partial charge in [0.25, 0.3) is 0 Å². The zero-order valence-corrected chi connectivity index (χ0v) is 11.8. The predicted molar refractivity (Wildman–Crippen MR) is 72.5 cm³/mol. The number of hydrogen-bond acceptors (Lipinski definition) is 4. The fraction of sp³-hybridized carbons (Fsp3) is 0.692. The summed E-state index contributed by atoms with van der Waals surface area (Å²) in [7, 11) is 0. The molecular weight excluding hydrogens is 234 g/mol. The van der Waals surface area contributed by atoms with Gasteiger partial charge < -0.3 is 14.8 Å². The molecule has 98 valence electrons. The average molecular weight is 257 g/mol. The summed E-state index contributed by atoms with van der Waals surface area (Å²) >= 11 is 1.78. The third-order valence-corrected chi connectivity index (χ3v) is 3.36. The minimum absolute atomic E-state index is 0.160. The van der Waals surface area contributed by atoms with Crippen LogP contribution in [-0.2, 0) is 15.9 Å². The van der Waals surface area contributed by atoms with E-state index in [-0.39, 0.29) is 12.3 Å². The first-order valence-corrected chi connectivity index (χ1v) is 7.18. The first-order chi connectivity index (χ1) is 8.31. The van der Waals surface area contributed by atoms with Gasteiger partial charge in [0.15, 0.2) is 6.29 Å². The van der Waals surface area contributed by atoms with Gasteiger partial charge >= 0.3 is 0 Å². The molecule has 0 bridgehead atoms. The van der Waals surface area contributed by atoms with Crippen LogP contribution in [0.2, 0.25) is 0 Å². The second-order valence-electron chi connectivity index (χ2n) is 3.73. The molecule has 1 unspecified atom stereocenters. The van der Waals surface area contributed by atoms with E-state index >= 15 is 0 Å². The molecule has 0 spiro atoms. The third-order valence-electron chi connectivity index (χ3n) is 2.46. The Kier molecular flexibility index (Phi) is 7.44. The largest absolute Gasteiger partial charge is 0.351 e. The van der Waals surface area contributed by atoms with Gasteiger partial charge in [-0.1, -0.05) is 13.0 Å². The summed E-state index contributed by atoms with van der Waals surface area (Å²) < 4.78 is 11.3. The number of nitrogens with one attached hydrogen (secondary N) is 1. The molecule has 1 aromatic rings. The van der Waals surface area contributed by atoms with Gasteiger partial charge in [-0.25, -0.2) is 0 Å². The monoisotopic (exact) mass is 257 g/mol. The second-order valence-corrected chi connectivity index (χ2v) is 4.76. The summed E-state index contributed by atoms with van der Waals surface area (Å²) in [4.78, 5) is 1.36. The Balaban J connectivity index is 2.60. The highest BCUT2D eigenvalue weighted by molar-refractivity contribution is 7.09. The van der Waals surface area contributed by atoms with Crippen LogP contribution in [0, 0.1) is 0 Å². The minimum atomic E-state index is -0.160. The van der Waals surface area contributed by atoms with Gasteiger partial charge in [-0.15, -0.1) is 11.3 Å². The fourth-order valence-electron chi connectivity index (χ4n) is 1.78. The SMILES string of the molecule is CCNC(Cc1cccs1)C(OCC)OCC. The van der Waals surface area contributed by atoms with Crippen LogP contribution in [0.25, 0.3) is 0 Å². The van der Waals surface area contributed by atoms with Crippen molar-refractivity contribution in [2.24, 2.45) is 0 Å². The Bertz CT molecular complexity index is 271. The van der Waals surface area contributed by atoms with E-state index in [1.54, 1.807) is 11.3 Å². The van der Waals surface area contributed by atoms with E-state index in [9.17, 15) is 0 Å². The molecule has 0 fully saturated rings. The van der Waals surface area contributed by atoms with Crippen molar-refractivity contribution in [3.05, 3.63) is 22.4 Å². The molecule has 0 aliphatic heterocycles. The van der Waals surface area contributed by atoms with E-state index in [0.717, 1.165) is 13.0 Å². The Labute approximate surface area is 108 Å². The molecule has 3 nitrogen and oxygen atoms in total.